The van der Waals surface area contributed by atoms with Crippen LogP contribution in [0.3, 0.4) is 0 Å². The van der Waals surface area contributed by atoms with Gasteiger partial charge in [0, 0.05) is 10.6 Å². The Morgan fingerprint density at radius 1 is 1.26 bits per heavy atom. The molecule has 3 nitrogen and oxygen atoms in total. The van der Waals surface area contributed by atoms with Gasteiger partial charge in [0.2, 0.25) is 0 Å². The summed E-state index contributed by atoms with van der Waals surface area (Å²) in [6.45, 7) is 2.02. The average molecular weight is 275 g/mol. The van der Waals surface area contributed by atoms with Crippen LogP contribution in [-0.2, 0) is 6.42 Å². The summed E-state index contributed by atoms with van der Waals surface area (Å²) in [5.41, 5.74) is 8.52. The molecule has 1 amide bonds. The Bertz CT molecular complexity index is 611. The fourth-order valence-corrected chi connectivity index (χ4v) is 2.07. The minimum Gasteiger partial charge on any atom is -0.397 e. The predicted molar refractivity (Wildman–Crippen MR) is 79.6 cm³/mol. The molecule has 2 rings (SSSR count). The second-order valence-electron chi connectivity index (χ2n) is 4.20. The Labute approximate surface area is 117 Å². The van der Waals surface area contributed by atoms with Crippen molar-refractivity contribution < 1.29 is 4.79 Å². The lowest BCUT2D eigenvalue weighted by Crippen LogP contribution is -2.15. The van der Waals surface area contributed by atoms with E-state index in [1.54, 1.807) is 24.3 Å². The molecule has 98 valence electrons. The van der Waals surface area contributed by atoms with Gasteiger partial charge in [-0.2, -0.15) is 0 Å². The standard InChI is InChI=1S/C15H15ClN2O/c1-2-10-5-3-4-6-12(10)15(19)18-14-8-7-11(16)9-13(14)17/h3-9H,2,17H2,1H3,(H,18,19). The van der Waals surface area contributed by atoms with Gasteiger partial charge in [-0.1, -0.05) is 36.7 Å². The third-order valence-corrected chi connectivity index (χ3v) is 3.14. The summed E-state index contributed by atoms with van der Waals surface area (Å²) in [6.07, 6.45) is 0.805. The fourth-order valence-electron chi connectivity index (χ4n) is 1.89. The number of hydrogen-bond donors (Lipinski definition) is 2. The summed E-state index contributed by atoms with van der Waals surface area (Å²) in [5.74, 6) is -0.161. The molecule has 19 heavy (non-hydrogen) atoms. The van der Waals surface area contributed by atoms with Crippen LogP contribution in [0.15, 0.2) is 42.5 Å². The molecule has 0 bridgehead atoms. The Morgan fingerprint density at radius 3 is 2.68 bits per heavy atom. The zero-order chi connectivity index (χ0) is 13.8. The molecule has 0 radical (unpaired) electrons. The molecule has 0 saturated carbocycles. The van der Waals surface area contributed by atoms with Crippen LogP contribution in [0.1, 0.15) is 22.8 Å². The zero-order valence-electron chi connectivity index (χ0n) is 10.6. The van der Waals surface area contributed by atoms with E-state index in [4.69, 9.17) is 17.3 Å². The van der Waals surface area contributed by atoms with Crippen molar-refractivity contribution in [3.8, 4) is 0 Å². The van der Waals surface area contributed by atoms with Gasteiger partial charge >= 0.3 is 0 Å². The smallest absolute Gasteiger partial charge is 0.255 e. The number of aryl methyl sites for hydroxylation is 1. The number of anilines is 2. The quantitative estimate of drug-likeness (QED) is 0.838. The Hall–Kier alpha value is -2.00. The van der Waals surface area contributed by atoms with Crippen molar-refractivity contribution >= 4 is 28.9 Å². The van der Waals surface area contributed by atoms with Gasteiger partial charge in [0.05, 0.1) is 11.4 Å². The van der Waals surface area contributed by atoms with Crippen LogP contribution in [0.25, 0.3) is 0 Å². The summed E-state index contributed by atoms with van der Waals surface area (Å²) in [7, 11) is 0. The number of hydrogen-bond acceptors (Lipinski definition) is 2. The molecule has 0 aliphatic carbocycles. The Morgan fingerprint density at radius 2 is 2.00 bits per heavy atom. The van der Waals surface area contributed by atoms with E-state index in [1.807, 2.05) is 25.1 Å². The van der Waals surface area contributed by atoms with Crippen molar-refractivity contribution in [1.82, 2.24) is 0 Å². The van der Waals surface area contributed by atoms with Crippen LogP contribution >= 0.6 is 11.6 Å². The van der Waals surface area contributed by atoms with Crippen LogP contribution in [0, 0.1) is 0 Å². The van der Waals surface area contributed by atoms with Gasteiger partial charge in [-0.15, -0.1) is 0 Å². The first-order valence-corrected chi connectivity index (χ1v) is 6.44. The third-order valence-electron chi connectivity index (χ3n) is 2.90. The predicted octanol–water partition coefficient (Wildman–Crippen LogP) is 3.74. The van der Waals surface area contributed by atoms with Gasteiger partial charge in [0.1, 0.15) is 0 Å². The highest BCUT2D eigenvalue weighted by atomic mass is 35.5. The molecule has 0 aromatic heterocycles. The molecule has 0 aliphatic heterocycles. The van der Waals surface area contributed by atoms with Crippen molar-refractivity contribution in [2.45, 2.75) is 13.3 Å². The van der Waals surface area contributed by atoms with Crippen LogP contribution in [0.4, 0.5) is 11.4 Å². The van der Waals surface area contributed by atoms with E-state index in [1.165, 1.54) is 0 Å². The molecule has 0 fully saturated rings. The average Bonchev–Trinajstić information content (AvgIpc) is 2.41. The normalized spacial score (nSPS) is 10.2. The van der Waals surface area contributed by atoms with Gasteiger partial charge in [-0.3, -0.25) is 4.79 Å². The summed E-state index contributed by atoms with van der Waals surface area (Å²) in [6, 6.07) is 12.5. The lowest BCUT2D eigenvalue weighted by atomic mass is 10.0. The van der Waals surface area contributed by atoms with E-state index in [-0.39, 0.29) is 5.91 Å². The number of nitrogens with one attached hydrogen (secondary N) is 1. The number of carbonyl (C=O) groups is 1. The number of nitrogens with two attached hydrogens (primary N) is 1. The van der Waals surface area contributed by atoms with E-state index in [0.717, 1.165) is 12.0 Å². The molecule has 2 aromatic rings. The Kier molecular flexibility index (Phi) is 4.07. The summed E-state index contributed by atoms with van der Waals surface area (Å²) < 4.78 is 0. The molecule has 0 unspecified atom stereocenters. The number of halogens is 1. The maximum atomic E-state index is 12.2. The van der Waals surface area contributed by atoms with Gasteiger partial charge in [-0.05, 0) is 36.2 Å². The molecule has 0 spiro atoms. The van der Waals surface area contributed by atoms with E-state index in [0.29, 0.717) is 22.0 Å². The molecule has 0 aliphatic rings. The van der Waals surface area contributed by atoms with Gasteiger partial charge in [0.15, 0.2) is 0 Å². The van der Waals surface area contributed by atoms with Crippen LogP contribution < -0.4 is 11.1 Å². The van der Waals surface area contributed by atoms with Crippen molar-refractivity contribution in [1.29, 1.82) is 0 Å². The molecule has 2 aromatic carbocycles. The van der Waals surface area contributed by atoms with Crippen molar-refractivity contribution in [3.63, 3.8) is 0 Å². The maximum Gasteiger partial charge on any atom is 0.255 e. The van der Waals surface area contributed by atoms with Crippen LogP contribution in [0.2, 0.25) is 5.02 Å². The van der Waals surface area contributed by atoms with E-state index >= 15 is 0 Å². The lowest BCUT2D eigenvalue weighted by molar-refractivity contribution is 0.102. The number of carbonyl (C=O) groups excluding carboxylic acids is 1. The first-order valence-electron chi connectivity index (χ1n) is 6.06. The van der Waals surface area contributed by atoms with Crippen molar-refractivity contribution in [3.05, 3.63) is 58.6 Å². The second-order valence-corrected chi connectivity index (χ2v) is 4.63. The second kappa shape index (κ2) is 5.76. The minimum absolute atomic E-state index is 0.161. The molecule has 3 N–H and O–H groups in total. The minimum atomic E-state index is -0.161. The van der Waals surface area contributed by atoms with Gasteiger partial charge in [-0.25, -0.2) is 0 Å². The molecule has 0 saturated heterocycles. The summed E-state index contributed by atoms with van der Waals surface area (Å²) in [4.78, 5) is 12.2. The van der Waals surface area contributed by atoms with Gasteiger partial charge < -0.3 is 11.1 Å². The molecule has 0 atom stereocenters. The van der Waals surface area contributed by atoms with Crippen molar-refractivity contribution in [2.75, 3.05) is 11.1 Å². The summed E-state index contributed by atoms with van der Waals surface area (Å²) in [5, 5.41) is 3.35. The number of nitrogen functional groups attached to an aromatic ring is 1. The van der Waals surface area contributed by atoms with Crippen LogP contribution in [0.5, 0.6) is 0 Å². The highest BCUT2D eigenvalue weighted by Gasteiger charge is 2.11. The Balaban J connectivity index is 2.26. The highest BCUT2D eigenvalue weighted by Crippen LogP contribution is 2.23. The highest BCUT2D eigenvalue weighted by molar-refractivity contribution is 6.31. The molecule has 4 heteroatoms. The number of amides is 1. The third kappa shape index (κ3) is 3.06. The topological polar surface area (TPSA) is 55.1 Å². The molecular formula is C15H15ClN2O. The first kappa shape index (κ1) is 13.4. The van der Waals surface area contributed by atoms with Gasteiger partial charge in [0.25, 0.3) is 5.91 Å². The lowest BCUT2D eigenvalue weighted by Gasteiger charge is -2.10. The first-order chi connectivity index (χ1) is 9.11. The molecular weight excluding hydrogens is 260 g/mol. The maximum absolute atomic E-state index is 12.2. The number of rotatable bonds is 3. The molecule has 0 heterocycles. The van der Waals surface area contributed by atoms with Crippen molar-refractivity contribution in [2.24, 2.45) is 0 Å². The largest absolute Gasteiger partial charge is 0.397 e. The summed E-state index contributed by atoms with van der Waals surface area (Å²) >= 11 is 5.83. The fraction of sp³-hybridized carbons (Fsp3) is 0.133. The van der Waals surface area contributed by atoms with E-state index in [2.05, 4.69) is 5.32 Å². The zero-order valence-corrected chi connectivity index (χ0v) is 11.4. The monoisotopic (exact) mass is 274 g/mol. The van der Waals surface area contributed by atoms with E-state index in [9.17, 15) is 4.79 Å². The van der Waals surface area contributed by atoms with E-state index < -0.39 is 0 Å². The van der Waals surface area contributed by atoms with Crippen LogP contribution in [-0.4, -0.2) is 5.91 Å². The number of benzene rings is 2. The SMILES string of the molecule is CCc1ccccc1C(=O)Nc1ccc(Cl)cc1N.